The zero-order valence-corrected chi connectivity index (χ0v) is 16.4. The van der Waals surface area contributed by atoms with Crippen LogP contribution in [0.15, 0.2) is 58.6 Å². The topological polar surface area (TPSA) is 92.6 Å². The lowest BCUT2D eigenvalue weighted by Crippen LogP contribution is -2.31. The second-order valence-electron chi connectivity index (χ2n) is 5.87. The first-order valence-corrected chi connectivity index (χ1v) is 10.2. The van der Waals surface area contributed by atoms with Crippen LogP contribution < -0.4 is 9.64 Å². The molecule has 2 aromatic heterocycles. The summed E-state index contributed by atoms with van der Waals surface area (Å²) in [5.41, 5.74) is 2.19. The maximum atomic E-state index is 13.1. The smallest absolute Gasteiger partial charge is 0.296 e. The number of carbonyl (C=O) groups excluding carboxylic acids is 2. The molecule has 0 radical (unpaired) electrons. The number of hydrogen-bond donors (Lipinski definition) is 1. The van der Waals surface area contributed by atoms with Crippen LogP contribution in [0, 0.1) is 0 Å². The molecule has 9 heteroatoms. The molecule has 1 aliphatic rings. The summed E-state index contributed by atoms with van der Waals surface area (Å²) in [6.45, 7) is 2.42. The van der Waals surface area contributed by atoms with Gasteiger partial charge in [-0.2, -0.15) is 0 Å². The number of aromatic nitrogens is 2. The van der Waals surface area contributed by atoms with Crippen LogP contribution in [-0.2, 0) is 4.79 Å². The van der Waals surface area contributed by atoms with Crippen molar-refractivity contribution in [2.45, 2.75) is 13.0 Å². The number of aliphatic hydroxyl groups excluding tert-OH is 1. The Morgan fingerprint density at radius 1 is 1.25 bits per heavy atom. The summed E-state index contributed by atoms with van der Waals surface area (Å²) < 4.78 is 5.47. The van der Waals surface area contributed by atoms with Crippen molar-refractivity contribution in [2.75, 3.05) is 11.5 Å². The molecular formula is C19H15N3O4S2. The number of rotatable bonds is 6. The maximum absolute atomic E-state index is 13.1. The van der Waals surface area contributed by atoms with Crippen molar-refractivity contribution < 1.29 is 19.4 Å². The van der Waals surface area contributed by atoms with Crippen LogP contribution in [0.4, 0.5) is 5.13 Å². The number of aliphatic hydroxyl groups is 1. The molecule has 1 amide bonds. The van der Waals surface area contributed by atoms with E-state index >= 15 is 0 Å². The van der Waals surface area contributed by atoms with Gasteiger partial charge in [-0.15, -0.1) is 21.5 Å². The molecule has 142 valence electrons. The molecule has 0 aliphatic carbocycles. The Kier molecular flexibility index (Phi) is 4.93. The number of amides is 1. The lowest BCUT2D eigenvalue weighted by atomic mass is 9.95. The summed E-state index contributed by atoms with van der Waals surface area (Å²) in [5.74, 6) is -0.938. The van der Waals surface area contributed by atoms with Gasteiger partial charge in [-0.3, -0.25) is 14.5 Å². The molecule has 0 spiro atoms. The number of benzene rings is 1. The summed E-state index contributed by atoms with van der Waals surface area (Å²) in [6.07, 6.45) is 0. The largest absolute Gasteiger partial charge is 0.503 e. The fourth-order valence-corrected chi connectivity index (χ4v) is 4.34. The molecule has 0 bridgehead atoms. The van der Waals surface area contributed by atoms with E-state index in [1.807, 2.05) is 6.92 Å². The molecule has 7 nitrogen and oxygen atoms in total. The molecule has 3 aromatic rings. The predicted molar refractivity (Wildman–Crippen MR) is 106 cm³/mol. The summed E-state index contributed by atoms with van der Waals surface area (Å²) in [6, 6.07) is 9.70. The monoisotopic (exact) mass is 413 g/mol. The lowest BCUT2D eigenvalue weighted by Gasteiger charge is -2.24. The van der Waals surface area contributed by atoms with Crippen LogP contribution in [0.25, 0.3) is 0 Å². The zero-order valence-electron chi connectivity index (χ0n) is 14.7. The van der Waals surface area contributed by atoms with Gasteiger partial charge >= 0.3 is 0 Å². The standard InChI is InChI=1S/C19H15N3O4S2/c1-2-26-12-7-5-11(6-8-12)15-14(16(23)13-4-3-9-27-13)17(24)18(25)22(15)19-21-20-10-28-19/h3-10,15,24H,2H2,1H3. The average molecular weight is 413 g/mol. The van der Waals surface area contributed by atoms with Crippen LogP contribution in [0.2, 0.25) is 0 Å². The van der Waals surface area contributed by atoms with E-state index in [2.05, 4.69) is 10.2 Å². The highest BCUT2D eigenvalue weighted by molar-refractivity contribution is 7.13. The first-order chi connectivity index (χ1) is 13.6. The highest BCUT2D eigenvalue weighted by Gasteiger charge is 2.46. The van der Waals surface area contributed by atoms with Gasteiger partial charge in [0.1, 0.15) is 11.3 Å². The molecule has 0 saturated carbocycles. The molecule has 1 atom stereocenters. The van der Waals surface area contributed by atoms with Gasteiger partial charge < -0.3 is 9.84 Å². The van der Waals surface area contributed by atoms with E-state index in [0.29, 0.717) is 27.9 Å². The van der Waals surface area contributed by atoms with Crippen molar-refractivity contribution in [3.05, 3.63) is 69.1 Å². The van der Waals surface area contributed by atoms with Crippen molar-refractivity contribution in [1.29, 1.82) is 0 Å². The van der Waals surface area contributed by atoms with Crippen molar-refractivity contribution in [3.63, 3.8) is 0 Å². The van der Waals surface area contributed by atoms with Crippen molar-refractivity contribution in [1.82, 2.24) is 10.2 Å². The van der Waals surface area contributed by atoms with Crippen molar-refractivity contribution in [3.8, 4) is 5.75 Å². The number of thiophene rings is 1. The number of ether oxygens (including phenoxy) is 1. The van der Waals surface area contributed by atoms with E-state index in [9.17, 15) is 14.7 Å². The minimum atomic E-state index is -0.800. The highest BCUT2D eigenvalue weighted by Crippen LogP contribution is 2.42. The summed E-state index contributed by atoms with van der Waals surface area (Å²) in [5, 5.41) is 20.4. The van der Waals surface area contributed by atoms with E-state index in [0.717, 1.165) is 11.3 Å². The third-order valence-electron chi connectivity index (χ3n) is 4.26. The maximum Gasteiger partial charge on any atom is 0.296 e. The minimum Gasteiger partial charge on any atom is -0.503 e. The first kappa shape index (κ1) is 18.3. The number of ketones is 1. The Hall–Kier alpha value is -3.04. The quantitative estimate of drug-likeness (QED) is 0.618. The van der Waals surface area contributed by atoms with Crippen LogP contribution in [0.3, 0.4) is 0 Å². The van der Waals surface area contributed by atoms with Gasteiger partial charge in [0.25, 0.3) is 5.91 Å². The molecule has 3 heterocycles. The van der Waals surface area contributed by atoms with Gasteiger partial charge in [-0.1, -0.05) is 29.5 Å². The second kappa shape index (κ2) is 7.53. The minimum absolute atomic E-state index is 0.0341. The van der Waals surface area contributed by atoms with E-state index < -0.39 is 17.7 Å². The van der Waals surface area contributed by atoms with Crippen LogP contribution >= 0.6 is 22.7 Å². The highest BCUT2D eigenvalue weighted by atomic mass is 32.1. The second-order valence-corrected chi connectivity index (χ2v) is 7.63. The van der Waals surface area contributed by atoms with E-state index in [-0.39, 0.29) is 11.4 Å². The Labute approximate surface area is 168 Å². The Morgan fingerprint density at radius 2 is 2.04 bits per heavy atom. The molecule has 4 rings (SSSR count). The third kappa shape index (κ3) is 3.08. The first-order valence-electron chi connectivity index (χ1n) is 8.45. The molecule has 0 fully saturated rings. The van der Waals surface area contributed by atoms with Crippen LogP contribution in [0.5, 0.6) is 5.75 Å². The van der Waals surface area contributed by atoms with Crippen LogP contribution in [-0.4, -0.2) is 33.6 Å². The molecule has 0 saturated heterocycles. The number of hydrogen-bond acceptors (Lipinski definition) is 8. The Balaban J connectivity index is 1.82. The van der Waals surface area contributed by atoms with Gasteiger partial charge in [0.2, 0.25) is 10.9 Å². The lowest BCUT2D eigenvalue weighted by molar-refractivity contribution is -0.117. The molecule has 28 heavy (non-hydrogen) atoms. The van der Waals surface area contributed by atoms with Gasteiger partial charge in [-0.05, 0) is 36.1 Å². The summed E-state index contributed by atoms with van der Waals surface area (Å²) in [4.78, 5) is 27.7. The summed E-state index contributed by atoms with van der Waals surface area (Å²) >= 11 is 2.41. The molecule has 1 aliphatic heterocycles. The molecule has 1 N–H and O–H groups in total. The van der Waals surface area contributed by atoms with Gasteiger partial charge in [0.15, 0.2) is 5.76 Å². The van der Waals surface area contributed by atoms with Crippen molar-refractivity contribution in [2.24, 2.45) is 0 Å². The zero-order chi connectivity index (χ0) is 19.7. The van der Waals surface area contributed by atoms with Crippen molar-refractivity contribution >= 4 is 39.5 Å². The number of anilines is 1. The molecular weight excluding hydrogens is 398 g/mol. The number of carbonyl (C=O) groups is 2. The van der Waals surface area contributed by atoms with E-state index in [1.165, 1.54) is 21.7 Å². The fourth-order valence-electron chi connectivity index (χ4n) is 3.08. The molecule has 1 aromatic carbocycles. The van der Waals surface area contributed by atoms with Gasteiger partial charge in [0.05, 0.1) is 23.1 Å². The number of nitrogens with zero attached hydrogens (tertiary/aromatic N) is 3. The normalized spacial score (nSPS) is 16.7. The van der Waals surface area contributed by atoms with Gasteiger partial charge in [-0.25, -0.2) is 0 Å². The third-order valence-corrected chi connectivity index (χ3v) is 5.82. The van der Waals surface area contributed by atoms with E-state index in [1.54, 1.807) is 41.8 Å². The van der Waals surface area contributed by atoms with E-state index in [4.69, 9.17) is 4.74 Å². The Bertz CT molecular complexity index is 1030. The SMILES string of the molecule is CCOc1ccc(C2C(C(=O)c3cccs3)=C(O)C(=O)N2c2nncs2)cc1. The number of Topliss-reactive ketones (excluding diaryl/α,β-unsaturated/α-hetero) is 1. The Morgan fingerprint density at radius 3 is 2.64 bits per heavy atom. The fraction of sp³-hybridized carbons (Fsp3) is 0.158. The summed E-state index contributed by atoms with van der Waals surface area (Å²) in [7, 11) is 0. The average Bonchev–Trinajstić information content (AvgIpc) is 3.45. The molecule has 1 unspecified atom stereocenters. The predicted octanol–water partition coefficient (Wildman–Crippen LogP) is 3.78. The van der Waals surface area contributed by atoms with Gasteiger partial charge in [0, 0.05) is 0 Å². The van der Waals surface area contributed by atoms with Crippen LogP contribution in [0.1, 0.15) is 28.2 Å².